The number of hydrogen-bond acceptors (Lipinski definition) is 1. The Kier molecular flexibility index (Phi) is 1.94. The summed E-state index contributed by atoms with van der Waals surface area (Å²) in [6.07, 6.45) is 0. The molecule has 20 heavy (non-hydrogen) atoms. The van der Waals surface area contributed by atoms with Gasteiger partial charge in [0.15, 0.2) is 6.54 Å². The molecule has 3 aromatic carbocycles. The zero-order valence-electron chi connectivity index (χ0n) is 10.8. The molecule has 1 nitrogen and oxygen atoms in total. The first-order valence-electron chi connectivity index (χ1n) is 6.84. The number of para-hydroxylation sites is 1. The normalized spacial score (nSPS) is 12.8. The molecule has 0 unspecified atom stereocenters. The van der Waals surface area contributed by atoms with Gasteiger partial charge in [-0.25, -0.2) is 0 Å². The average molecular weight is 274 g/mol. The second-order valence-corrected chi connectivity index (χ2v) is 6.31. The maximum atomic E-state index is 2.46. The Morgan fingerprint density at radius 2 is 1.70 bits per heavy atom. The Bertz CT molecular complexity index is 981. The predicted molar refractivity (Wildman–Crippen MR) is 84.1 cm³/mol. The van der Waals surface area contributed by atoms with Crippen LogP contribution in [0.2, 0.25) is 0 Å². The SMILES string of the molecule is c1ccc2c3c(ccc2c1)C[n+]1c-3sc2ccccc21. The summed E-state index contributed by atoms with van der Waals surface area (Å²) in [6, 6.07) is 21.9. The van der Waals surface area contributed by atoms with Gasteiger partial charge in [0.2, 0.25) is 5.52 Å². The van der Waals surface area contributed by atoms with Crippen LogP contribution in [0.15, 0.2) is 60.7 Å². The van der Waals surface area contributed by atoms with E-state index in [2.05, 4.69) is 65.2 Å². The molecular weight excluding hydrogens is 262 g/mol. The molecule has 1 aliphatic heterocycles. The first-order chi connectivity index (χ1) is 9.92. The molecule has 0 radical (unpaired) electrons. The van der Waals surface area contributed by atoms with Crippen LogP contribution in [0.3, 0.4) is 0 Å². The smallest absolute Gasteiger partial charge is 0.177 e. The number of thiazole rings is 1. The molecule has 1 aliphatic rings. The zero-order valence-corrected chi connectivity index (χ0v) is 11.7. The Morgan fingerprint density at radius 1 is 0.850 bits per heavy atom. The third-order valence-electron chi connectivity index (χ3n) is 4.17. The van der Waals surface area contributed by atoms with E-state index in [0.29, 0.717) is 0 Å². The molecule has 0 saturated carbocycles. The quantitative estimate of drug-likeness (QED) is 0.369. The second-order valence-electron chi connectivity index (χ2n) is 5.28. The second kappa shape index (κ2) is 3.68. The van der Waals surface area contributed by atoms with Crippen molar-refractivity contribution in [3.05, 3.63) is 66.2 Å². The lowest BCUT2D eigenvalue weighted by molar-refractivity contribution is -0.641. The highest BCUT2D eigenvalue weighted by molar-refractivity contribution is 7.21. The molecule has 2 heterocycles. The van der Waals surface area contributed by atoms with Crippen LogP contribution in [0.4, 0.5) is 0 Å². The molecule has 0 aliphatic carbocycles. The first-order valence-corrected chi connectivity index (χ1v) is 7.66. The molecule has 2 heteroatoms. The molecule has 0 bridgehead atoms. The van der Waals surface area contributed by atoms with Gasteiger partial charge in [0, 0.05) is 11.6 Å². The number of aromatic nitrogens is 1. The molecule has 0 atom stereocenters. The van der Waals surface area contributed by atoms with E-state index in [-0.39, 0.29) is 0 Å². The Balaban J connectivity index is 1.95. The largest absolute Gasteiger partial charge is 0.271 e. The van der Waals surface area contributed by atoms with Crippen LogP contribution in [0, 0.1) is 0 Å². The predicted octanol–water partition coefficient (Wildman–Crippen LogP) is 4.37. The molecule has 0 N–H and O–H groups in total. The summed E-state index contributed by atoms with van der Waals surface area (Å²) in [4.78, 5) is 0. The lowest BCUT2D eigenvalue weighted by atomic mass is 10.0. The van der Waals surface area contributed by atoms with Crippen LogP contribution in [0.5, 0.6) is 0 Å². The molecule has 1 aromatic heterocycles. The summed E-state index contributed by atoms with van der Waals surface area (Å²) >= 11 is 1.91. The van der Waals surface area contributed by atoms with Crippen LogP contribution < -0.4 is 4.57 Å². The minimum absolute atomic E-state index is 1.000. The minimum atomic E-state index is 1.000. The van der Waals surface area contributed by atoms with Crippen molar-refractivity contribution in [1.29, 1.82) is 0 Å². The monoisotopic (exact) mass is 274 g/mol. The van der Waals surface area contributed by atoms with E-state index in [0.717, 1.165) is 6.54 Å². The molecular formula is C18H12NS+. The molecule has 0 saturated heterocycles. The van der Waals surface area contributed by atoms with Gasteiger partial charge >= 0.3 is 0 Å². The Morgan fingerprint density at radius 3 is 2.70 bits per heavy atom. The van der Waals surface area contributed by atoms with Gasteiger partial charge in [0.05, 0.1) is 5.56 Å². The van der Waals surface area contributed by atoms with Crippen LogP contribution in [-0.4, -0.2) is 0 Å². The van der Waals surface area contributed by atoms with Crippen LogP contribution in [0.25, 0.3) is 31.6 Å². The number of benzene rings is 3. The van der Waals surface area contributed by atoms with Crippen molar-refractivity contribution in [2.45, 2.75) is 6.54 Å². The van der Waals surface area contributed by atoms with E-state index in [1.165, 1.54) is 37.1 Å². The van der Waals surface area contributed by atoms with E-state index in [1.807, 2.05) is 11.3 Å². The van der Waals surface area contributed by atoms with Gasteiger partial charge in [-0.15, -0.1) is 0 Å². The average Bonchev–Trinajstić information content (AvgIpc) is 3.03. The topological polar surface area (TPSA) is 3.88 Å². The first kappa shape index (κ1) is 10.6. The molecule has 0 fully saturated rings. The van der Waals surface area contributed by atoms with Gasteiger partial charge in [0.1, 0.15) is 4.70 Å². The van der Waals surface area contributed by atoms with Crippen LogP contribution >= 0.6 is 11.3 Å². The molecule has 0 spiro atoms. The number of fused-ring (bicyclic) bond motifs is 7. The summed E-state index contributed by atoms with van der Waals surface area (Å²) in [5, 5.41) is 4.11. The highest BCUT2D eigenvalue weighted by Crippen LogP contribution is 2.39. The summed E-state index contributed by atoms with van der Waals surface area (Å²) in [5.74, 6) is 0. The van der Waals surface area contributed by atoms with Gasteiger partial charge < -0.3 is 0 Å². The van der Waals surface area contributed by atoms with Gasteiger partial charge in [-0.3, -0.25) is 0 Å². The van der Waals surface area contributed by atoms with Crippen LogP contribution in [0.1, 0.15) is 5.56 Å². The summed E-state index contributed by atoms with van der Waals surface area (Å²) in [5.41, 5.74) is 4.23. The van der Waals surface area contributed by atoms with Crippen molar-refractivity contribution in [2.24, 2.45) is 0 Å². The van der Waals surface area contributed by atoms with E-state index in [9.17, 15) is 0 Å². The van der Waals surface area contributed by atoms with Gasteiger partial charge in [-0.05, 0) is 16.8 Å². The lowest BCUT2D eigenvalue weighted by Crippen LogP contribution is -2.30. The van der Waals surface area contributed by atoms with Gasteiger partial charge in [-0.1, -0.05) is 59.9 Å². The Hall–Kier alpha value is -2.19. The van der Waals surface area contributed by atoms with Crippen molar-refractivity contribution >= 4 is 32.3 Å². The van der Waals surface area contributed by atoms with E-state index in [4.69, 9.17) is 0 Å². The summed E-state index contributed by atoms with van der Waals surface area (Å²) < 4.78 is 3.83. The zero-order chi connectivity index (χ0) is 13.1. The summed E-state index contributed by atoms with van der Waals surface area (Å²) in [6.45, 7) is 1.000. The highest BCUT2D eigenvalue weighted by Gasteiger charge is 2.32. The number of nitrogens with zero attached hydrogens (tertiary/aromatic N) is 1. The van der Waals surface area contributed by atoms with Crippen molar-refractivity contribution in [3.8, 4) is 10.6 Å². The molecule has 94 valence electrons. The Labute approximate surface area is 120 Å². The fourth-order valence-electron chi connectivity index (χ4n) is 3.25. The molecule has 5 rings (SSSR count). The maximum absolute atomic E-state index is 2.46. The third-order valence-corrected chi connectivity index (χ3v) is 5.35. The number of rotatable bonds is 0. The minimum Gasteiger partial charge on any atom is -0.177 e. The fourth-order valence-corrected chi connectivity index (χ4v) is 4.50. The van der Waals surface area contributed by atoms with E-state index < -0.39 is 0 Å². The van der Waals surface area contributed by atoms with Crippen LogP contribution in [-0.2, 0) is 6.54 Å². The van der Waals surface area contributed by atoms with Gasteiger partial charge in [-0.2, -0.15) is 4.57 Å². The fraction of sp³-hybridized carbons (Fsp3) is 0.0556. The molecule has 0 amide bonds. The number of hydrogen-bond donors (Lipinski definition) is 0. The van der Waals surface area contributed by atoms with Crippen molar-refractivity contribution < 1.29 is 4.57 Å². The van der Waals surface area contributed by atoms with E-state index in [1.54, 1.807) is 0 Å². The van der Waals surface area contributed by atoms with Crippen molar-refractivity contribution in [2.75, 3.05) is 0 Å². The lowest BCUT2D eigenvalue weighted by Gasteiger charge is -2.00. The van der Waals surface area contributed by atoms with Gasteiger partial charge in [0.25, 0.3) is 5.01 Å². The standard InChI is InChI=1S/C18H12NS/c1-2-6-14-12(5-1)9-10-13-11-19-15-7-3-4-8-16(15)20-18(19)17(13)14/h1-10H,11H2/q+1. The van der Waals surface area contributed by atoms with E-state index >= 15 is 0 Å². The summed E-state index contributed by atoms with van der Waals surface area (Å²) in [7, 11) is 0. The highest BCUT2D eigenvalue weighted by atomic mass is 32.1. The van der Waals surface area contributed by atoms with Crippen molar-refractivity contribution in [3.63, 3.8) is 0 Å². The van der Waals surface area contributed by atoms with Crippen molar-refractivity contribution in [1.82, 2.24) is 0 Å². The third kappa shape index (κ3) is 1.24. The molecule has 4 aromatic rings. The maximum Gasteiger partial charge on any atom is 0.271 e.